The van der Waals surface area contributed by atoms with E-state index < -0.39 is 0 Å². The van der Waals surface area contributed by atoms with E-state index >= 15 is 0 Å². The molecule has 1 heterocycles. The minimum Gasteiger partial charge on any atom is -0.327 e. The monoisotopic (exact) mass is 232 g/mol. The van der Waals surface area contributed by atoms with Gasteiger partial charge in [-0.15, -0.1) is 11.3 Å². The fraction of sp³-hybridized carbons (Fsp3) is 0.462. The van der Waals surface area contributed by atoms with Crippen molar-refractivity contribution >= 4 is 21.6 Å². The van der Waals surface area contributed by atoms with Gasteiger partial charge in [0.15, 0.2) is 0 Å². The van der Waals surface area contributed by atoms with Gasteiger partial charge in [-0.25, -0.2) is 4.98 Å². The number of aromatic nitrogens is 1. The van der Waals surface area contributed by atoms with E-state index in [1.807, 2.05) is 17.4 Å². The van der Waals surface area contributed by atoms with Crippen LogP contribution in [0.5, 0.6) is 0 Å². The third-order valence-electron chi connectivity index (χ3n) is 3.45. The third kappa shape index (κ3) is 1.74. The SMILES string of the molecule is NC1CCCCC1c1nc2ccccc2s1. The Bertz CT molecular complexity index is 458. The molecule has 1 aliphatic carbocycles. The fourth-order valence-corrected chi connectivity index (χ4v) is 3.69. The van der Waals surface area contributed by atoms with Crippen LogP contribution >= 0.6 is 11.3 Å². The second-order valence-corrected chi connectivity index (χ2v) is 5.64. The highest BCUT2D eigenvalue weighted by atomic mass is 32.1. The van der Waals surface area contributed by atoms with E-state index in [4.69, 9.17) is 10.7 Å². The fourth-order valence-electron chi connectivity index (χ4n) is 2.51. The van der Waals surface area contributed by atoms with E-state index in [9.17, 15) is 0 Å². The van der Waals surface area contributed by atoms with Crippen molar-refractivity contribution in [3.8, 4) is 0 Å². The maximum Gasteiger partial charge on any atom is 0.0984 e. The molecule has 1 fully saturated rings. The van der Waals surface area contributed by atoms with Gasteiger partial charge in [0.2, 0.25) is 0 Å². The summed E-state index contributed by atoms with van der Waals surface area (Å²) in [5.41, 5.74) is 7.32. The lowest BCUT2D eigenvalue weighted by molar-refractivity contribution is 0.385. The number of nitrogens with two attached hydrogens (primary N) is 1. The molecule has 16 heavy (non-hydrogen) atoms. The second-order valence-electron chi connectivity index (χ2n) is 4.57. The van der Waals surface area contributed by atoms with E-state index in [0.717, 1.165) is 11.9 Å². The number of benzene rings is 1. The van der Waals surface area contributed by atoms with Gasteiger partial charge >= 0.3 is 0 Å². The van der Waals surface area contributed by atoms with E-state index in [-0.39, 0.29) is 0 Å². The van der Waals surface area contributed by atoms with E-state index in [0.29, 0.717) is 12.0 Å². The van der Waals surface area contributed by atoms with Gasteiger partial charge in [0.05, 0.1) is 15.2 Å². The molecule has 2 nitrogen and oxygen atoms in total. The van der Waals surface area contributed by atoms with Crippen molar-refractivity contribution in [2.45, 2.75) is 37.6 Å². The van der Waals surface area contributed by atoms with Crippen LogP contribution in [-0.2, 0) is 0 Å². The van der Waals surface area contributed by atoms with Crippen LogP contribution in [-0.4, -0.2) is 11.0 Å². The van der Waals surface area contributed by atoms with Gasteiger partial charge in [0.25, 0.3) is 0 Å². The van der Waals surface area contributed by atoms with Crippen LogP contribution < -0.4 is 5.73 Å². The first-order chi connectivity index (χ1) is 7.84. The maximum atomic E-state index is 6.20. The van der Waals surface area contributed by atoms with E-state index in [1.54, 1.807) is 0 Å². The van der Waals surface area contributed by atoms with Gasteiger partial charge in [0.1, 0.15) is 0 Å². The molecule has 0 bridgehead atoms. The molecule has 0 spiro atoms. The Balaban J connectivity index is 1.98. The molecular weight excluding hydrogens is 216 g/mol. The smallest absolute Gasteiger partial charge is 0.0984 e. The highest BCUT2D eigenvalue weighted by Gasteiger charge is 2.25. The van der Waals surface area contributed by atoms with Gasteiger partial charge in [-0.3, -0.25) is 0 Å². The van der Waals surface area contributed by atoms with Crippen molar-refractivity contribution < 1.29 is 0 Å². The lowest BCUT2D eigenvalue weighted by Crippen LogP contribution is -2.31. The quantitative estimate of drug-likeness (QED) is 0.819. The van der Waals surface area contributed by atoms with Crippen LogP contribution in [0.3, 0.4) is 0 Å². The summed E-state index contributed by atoms with van der Waals surface area (Å²) in [6.07, 6.45) is 4.94. The first-order valence-corrected chi connectivity index (χ1v) is 6.77. The molecule has 1 aromatic carbocycles. The largest absolute Gasteiger partial charge is 0.327 e. The molecule has 0 radical (unpaired) electrons. The molecule has 2 N–H and O–H groups in total. The summed E-state index contributed by atoms with van der Waals surface area (Å²) in [6, 6.07) is 8.67. The van der Waals surface area contributed by atoms with E-state index in [2.05, 4.69) is 18.2 Å². The summed E-state index contributed by atoms with van der Waals surface area (Å²) >= 11 is 1.82. The minimum absolute atomic E-state index is 0.314. The van der Waals surface area contributed by atoms with Gasteiger partial charge in [-0.2, -0.15) is 0 Å². The maximum absolute atomic E-state index is 6.20. The van der Waals surface area contributed by atoms with Gasteiger partial charge in [0, 0.05) is 12.0 Å². The molecule has 0 aliphatic heterocycles. The summed E-state index contributed by atoms with van der Waals surface area (Å²) in [6.45, 7) is 0. The normalized spacial score (nSPS) is 26.1. The molecule has 2 aromatic rings. The number of rotatable bonds is 1. The summed E-state index contributed by atoms with van der Waals surface area (Å²) in [5.74, 6) is 0.492. The summed E-state index contributed by atoms with van der Waals surface area (Å²) in [7, 11) is 0. The van der Waals surface area contributed by atoms with Crippen molar-refractivity contribution in [1.82, 2.24) is 4.98 Å². The predicted octanol–water partition coefficient (Wildman–Crippen LogP) is 3.28. The molecule has 1 aromatic heterocycles. The Kier molecular flexibility index (Phi) is 2.65. The Morgan fingerprint density at radius 3 is 2.81 bits per heavy atom. The highest BCUT2D eigenvalue weighted by Crippen LogP contribution is 2.36. The molecule has 0 saturated heterocycles. The minimum atomic E-state index is 0.314. The van der Waals surface area contributed by atoms with Gasteiger partial charge < -0.3 is 5.73 Å². The Morgan fingerprint density at radius 1 is 1.19 bits per heavy atom. The summed E-state index contributed by atoms with van der Waals surface area (Å²) < 4.78 is 1.29. The number of nitrogens with zero attached hydrogens (tertiary/aromatic N) is 1. The number of fused-ring (bicyclic) bond motifs is 1. The first kappa shape index (κ1) is 10.2. The van der Waals surface area contributed by atoms with Crippen LogP contribution in [0.25, 0.3) is 10.2 Å². The Hall–Kier alpha value is -0.930. The van der Waals surface area contributed by atoms with Gasteiger partial charge in [-0.05, 0) is 25.0 Å². The third-order valence-corrected chi connectivity index (χ3v) is 4.62. The lowest BCUT2D eigenvalue weighted by atomic mass is 9.85. The molecule has 1 aliphatic rings. The second kappa shape index (κ2) is 4.15. The van der Waals surface area contributed by atoms with Crippen LogP contribution in [0.4, 0.5) is 0 Å². The van der Waals surface area contributed by atoms with Crippen molar-refractivity contribution in [3.63, 3.8) is 0 Å². The predicted molar refractivity (Wildman–Crippen MR) is 68.8 cm³/mol. The average Bonchev–Trinajstić information content (AvgIpc) is 2.73. The topological polar surface area (TPSA) is 38.9 Å². The lowest BCUT2D eigenvalue weighted by Gasteiger charge is -2.26. The van der Waals surface area contributed by atoms with Crippen molar-refractivity contribution in [1.29, 1.82) is 0 Å². The standard InChI is InChI=1S/C13H16N2S/c14-10-6-2-1-5-9(10)13-15-11-7-3-4-8-12(11)16-13/h3-4,7-10H,1-2,5-6,14H2. The highest BCUT2D eigenvalue weighted by molar-refractivity contribution is 7.18. The van der Waals surface area contributed by atoms with Gasteiger partial charge in [-0.1, -0.05) is 25.0 Å². The summed E-state index contributed by atoms with van der Waals surface area (Å²) in [5, 5.41) is 1.24. The van der Waals surface area contributed by atoms with E-state index in [1.165, 1.54) is 29.0 Å². The summed E-state index contributed by atoms with van der Waals surface area (Å²) in [4.78, 5) is 4.73. The van der Waals surface area contributed by atoms with Crippen LogP contribution in [0.1, 0.15) is 36.6 Å². The zero-order valence-corrected chi connectivity index (χ0v) is 10.0. The molecule has 84 valence electrons. The Labute approximate surface area is 99.5 Å². The number of hydrogen-bond donors (Lipinski definition) is 1. The molecule has 0 amide bonds. The van der Waals surface area contributed by atoms with Crippen molar-refractivity contribution in [2.24, 2.45) is 5.73 Å². The molecule has 3 heteroatoms. The van der Waals surface area contributed by atoms with Crippen molar-refractivity contribution in [2.75, 3.05) is 0 Å². The average molecular weight is 232 g/mol. The Morgan fingerprint density at radius 2 is 2.00 bits per heavy atom. The van der Waals surface area contributed by atoms with Crippen LogP contribution in [0.2, 0.25) is 0 Å². The molecule has 3 rings (SSSR count). The van der Waals surface area contributed by atoms with Crippen LogP contribution in [0.15, 0.2) is 24.3 Å². The zero-order valence-electron chi connectivity index (χ0n) is 9.23. The number of para-hydroxylation sites is 1. The van der Waals surface area contributed by atoms with Crippen molar-refractivity contribution in [3.05, 3.63) is 29.3 Å². The molecule has 1 saturated carbocycles. The molecule has 2 atom stereocenters. The van der Waals surface area contributed by atoms with Crippen LogP contribution in [0, 0.1) is 0 Å². The zero-order chi connectivity index (χ0) is 11.0. The number of hydrogen-bond acceptors (Lipinski definition) is 3. The molecular formula is C13H16N2S. The first-order valence-electron chi connectivity index (χ1n) is 5.95. The molecule has 2 unspecified atom stereocenters. The number of thiazole rings is 1.